The third-order valence-corrected chi connectivity index (χ3v) is 4.76. The van der Waals surface area contributed by atoms with Crippen LogP contribution in [0.25, 0.3) is 11.0 Å². The topological polar surface area (TPSA) is 69.0 Å². The number of carbonyl (C=O) groups excluding carboxylic acids is 1. The molecule has 0 radical (unpaired) electrons. The molecule has 0 aliphatic rings. The van der Waals surface area contributed by atoms with Crippen molar-refractivity contribution < 1.29 is 13.2 Å². The molecule has 21 heavy (non-hydrogen) atoms. The number of hydrogen-bond donors (Lipinski definition) is 0. The number of nitrogens with zero attached hydrogens (tertiary/aromatic N) is 2. The lowest BCUT2D eigenvalue weighted by Gasteiger charge is -2.06. The molecule has 0 unspecified atom stereocenters. The van der Waals surface area contributed by atoms with Crippen LogP contribution in [0.4, 0.5) is 0 Å². The van der Waals surface area contributed by atoms with Gasteiger partial charge in [0, 0.05) is 23.3 Å². The molecule has 0 N–H and O–H groups in total. The van der Waals surface area contributed by atoms with Gasteiger partial charge in [-0.25, -0.2) is 17.4 Å². The molecule has 2 aromatic heterocycles. The van der Waals surface area contributed by atoms with Gasteiger partial charge in [0.15, 0.2) is 11.9 Å². The Balaban J connectivity index is 2.13. The van der Waals surface area contributed by atoms with E-state index in [0.717, 1.165) is 3.97 Å². The lowest BCUT2D eigenvalue weighted by molar-refractivity contribution is 0.112. The minimum atomic E-state index is -3.63. The highest BCUT2D eigenvalue weighted by Gasteiger charge is 2.20. The molecule has 0 amide bonds. The van der Waals surface area contributed by atoms with Crippen LogP contribution in [0.2, 0.25) is 0 Å². The van der Waals surface area contributed by atoms with Gasteiger partial charge in [0.2, 0.25) is 10.0 Å². The molecule has 5 nitrogen and oxygen atoms in total. The van der Waals surface area contributed by atoms with Gasteiger partial charge in [-0.2, -0.15) is 0 Å². The molecule has 0 atom stereocenters. The molecule has 0 saturated carbocycles. The number of hydrogen-bond acceptors (Lipinski definition) is 4. The second kappa shape index (κ2) is 5.14. The average molecular weight is 300 g/mol. The van der Waals surface area contributed by atoms with E-state index < -0.39 is 10.0 Å². The molecule has 0 aliphatic carbocycles. The van der Waals surface area contributed by atoms with Crippen LogP contribution < -0.4 is 0 Å². The molecule has 0 aliphatic heterocycles. The summed E-state index contributed by atoms with van der Waals surface area (Å²) in [5.41, 5.74) is 1.27. The van der Waals surface area contributed by atoms with Crippen LogP contribution >= 0.6 is 0 Å². The van der Waals surface area contributed by atoms with E-state index in [1.165, 1.54) is 12.4 Å². The molecule has 3 aromatic rings. The zero-order valence-electron chi connectivity index (χ0n) is 11.0. The van der Waals surface area contributed by atoms with Gasteiger partial charge < -0.3 is 0 Å². The summed E-state index contributed by atoms with van der Waals surface area (Å²) in [6.07, 6.45) is 3.47. The van der Waals surface area contributed by atoms with Crippen molar-refractivity contribution in [3.63, 3.8) is 0 Å². The summed E-state index contributed by atoms with van der Waals surface area (Å²) in [5.74, 6) is -0.146. The first-order valence-electron chi connectivity index (χ1n) is 6.30. The number of fused-ring (bicyclic) bond motifs is 1. The van der Waals surface area contributed by atoms with Gasteiger partial charge in [0.05, 0.1) is 5.75 Å². The van der Waals surface area contributed by atoms with Gasteiger partial charge in [-0.3, -0.25) is 4.79 Å². The van der Waals surface area contributed by atoms with Crippen molar-refractivity contribution in [2.45, 2.75) is 5.75 Å². The molecule has 106 valence electrons. The van der Waals surface area contributed by atoms with Crippen molar-refractivity contribution in [3.05, 3.63) is 66.0 Å². The summed E-state index contributed by atoms with van der Waals surface area (Å²) in [6, 6.07) is 12.2. The number of rotatable bonds is 4. The summed E-state index contributed by atoms with van der Waals surface area (Å²) in [4.78, 5) is 15.2. The van der Waals surface area contributed by atoms with Crippen LogP contribution in [0, 0.1) is 0 Å². The van der Waals surface area contributed by atoms with E-state index in [9.17, 15) is 13.2 Å². The average Bonchev–Trinajstić information content (AvgIpc) is 2.87. The Morgan fingerprint density at radius 1 is 1.10 bits per heavy atom. The standard InChI is InChI=1S/C15H12N2O3S/c18-10-13-9-17(15-14(13)7-4-8-16-15)21(19,20)11-12-5-2-1-3-6-12/h1-10H,11H2. The Morgan fingerprint density at radius 3 is 2.57 bits per heavy atom. The highest BCUT2D eigenvalue weighted by molar-refractivity contribution is 7.89. The number of benzene rings is 1. The maximum Gasteiger partial charge on any atom is 0.244 e. The summed E-state index contributed by atoms with van der Waals surface area (Å²) in [7, 11) is -3.63. The fourth-order valence-electron chi connectivity index (χ4n) is 2.22. The highest BCUT2D eigenvalue weighted by atomic mass is 32.2. The molecule has 6 heteroatoms. The number of carbonyl (C=O) groups is 1. The largest absolute Gasteiger partial charge is 0.298 e. The van der Waals surface area contributed by atoms with Gasteiger partial charge in [0.1, 0.15) is 0 Å². The van der Waals surface area contributed by atoms with Gasteiger partial charge in [-0.05, 0) is 17.7 Å². The summed E-state index contributed by atoms with van der Waals surface area (Å²) in [6.45, 7) is 0. The second-order valence-corrected chi connectivity index (χ2v) is 6.46. The number of aldehydes is 1. The smallest absolute Gasteiger partial charge is 0.244 e. The molecule has 2 heterocycles. The normalized spacial score (nSPS) is 11.6. The molecule has 0 saturated heterocycles. The Hall–Kier alpha value is -2.47. The Kier molecular flexibility index (Phi) is 3.31. The fourth-order valence-corrected chi connectivity index (χ4v) is 3.65. The minimum absolute atomic E-state index is 0.146. The quantitative estimate of drug-likeness (QED) is 0.693. The molecule has 3 rings (SSSR count). The van der Waals surface area contributed by atoms with Gasteiger partial charge in [-0.15, -0.1) is 0 Å². The van der Waals surface area contributed by atoms with Crippen molar-refractivity contribution >= 4 is 27.3 Å². The Labute approximate surface area is 121 Å². The maximum absolute atomic E-state index is 12.6. The van der Waals surface area contributed by atoms with Crippen LogP contribution in [-0.2, 0) is 15.8 Å². The first-order valence-corrected chi connectivity index (χ1v) is 7.91. The predicted molar refractivity (Wildman–Crippen MR) is 79.6 cm³/mol. The lowest BCUT2D eigenvalue weighted by atomic mass is 10.2. The van der Waals surface area contributed by atoms with E-state index >= 15 is 0 Å². The molecule has 0 bridgehead atoms. The van der Waals surface area contributed by atoms with E-state index in [0.29, 0.717) is 22.8 Å². The van der Waals surface area contributed by atoms with Crippen molar-refractivity contribution in [3.8, 4) is 0 Å². The first-order chi connectivity index (χ1) is 10.1. The molecular formula is C15H12N2O3S. The van der Waals surface area contributed by atoms with Crippen LogP contribution in [0.5, 0.6) is 0 Å². The molecule has 0 fully saturated rings. The van der Waals surface area contributed by atoms with E-state index in [2.05, 4.69) is 4.98 Å². The third kappa shape index (κ3) is 2.45. The van der Waals surface area contributed by atoms with Crippen molar-refractivity contribution in [1.29, 1.82) is 0 Å². The van der Waals surface area contributed by atoms with Gasteiger partial charge >= 0.3 is 0 Å². The first kappa shape index (κ1) is 13.5. The zero-order valence-corrected chi connectivity index (χ0v) is 11.8. The van der Waals surface area contributed by atoms with E-state index in [4.69, 9.17) is 0 Å². The molecule has 0 spiro atoms. The Morgan fingerprint density at radius 2 is 1.86 bits per heavy atom. The van der Waals surface area contributed by atoms with Crippen LogP contribution in [0.1, 0.15) is 15.9 Å². The van der Waals surface area contributed by atoms with Crippen LogP contribution in [0.3, 0.4) is 0 Å². The van der Waals surface area contributed by atoms with Crippen molar-refractivity contribution in [2.24, 2.45) is 0 Å². The lowest BCUT2D eigenvalue weighted by Crippen LogP contribution is -2.14. The highest BCUT2D eigenvalue weighted by Crippen LogP contribution is 2.21. The van der Waals surface area contributed by atoms with E-state index in [1.54, 1.807) is 36.4 Å². The maximum atomic E-state index is 12.6. The van der Waals surface area contributed by atoms with Crippen LogP contribution in [0.15, 0.2) is 54.9 Å². The van der Waals surface area contributed by atoms with Crippen molar-refractivity contribution in [1.82, 2.24) is 8.96 Å². The Bertz CT molecular complexity index is 899. The van der Waals surface area contributed by atoms with Gasteiger partial charge in [-0.1, -0.05) is 30.3 Å². The third-order valence-electron chi connectivity index (χ3n) is 3.18. The summed E-state index contributed by atoms with van der Waals surface area (Å²) < 4.78 is 26.2. The minimum Gasteiger partial charge on any atom is -0.298 e. The molecular weight excluding hydrogens is 288 g/mol. The zero-order chi connectivity index (χ0) is 14.9. The van der Waals surface area contributed by atoms with Gasteiger partial charge in [0.25, 0.3) is 0 Å². The van der Waals surface area contributed by atoms with Crippen molar-refractivity contribution in [2.75, 3.05) is 0 Å². The number of aromatic nitrogens is 2. The predicted octanol–water partition coefficient (Wildman–Crippen LogP) is 2.23. The van der Waals surface area contributed by atoms with E-state index in [1.807, 2.05) is 6.07 Å². The number of pyridine rings is 1. The van der Waals surface area contributed by atoms with Crippen LogP contribution in [-0.4, -0.2) is 23.7 Å². The van der Waals surface area contributed by atoms with E-state index in [-0.39, 0.29) is 11.4 Å². The molecule has 1 aromatic carbocycles. The fraction of sp³-hybridized carbons (Fsp3) is 0.0667. The SMILES string of the molecule is O=Cc1cn(S(=O)(=O)Cc2ccccc2)c2ncccc12. The summed E-state index contributed by atoms with van der Waals surface area (Å²) >= 11 is 0. The monoisotopic (exact) mass is 300 g/mol. The second-order valence-electron chi connectivity index (χ2n) is 4.61. The summed E-state index contributed by atoms with van der Waals surface area (Å²) in [5, 5.41) is 0.532.